The lowest BCUT2D eigenvalue weighted by Crippen LogP contribution is -2.26. The predicted molar refractivity (Wildman–Crippen MR) is 85.9 cm³/mol. The number of nitrogen functional groups attached to an aromatic ring is 1. The molecule has 0 amide bonds. The number of anilines is 1. The van der Waals surface area contributed by atoms with E-state index in [0.717, 1.165) is 30.2 Å². The molecule has 20 heavy (non-hydrogen) atoms. The van der Waals surface area contributed by atoms with E-state index in [1.54, 1.807) is 4.57 Å². The molecule has 1 atom stereocenters. The monoisotopic (exact) mass is 272 g/mol. The number of rotatable bonds is 6. The Morgan fingerprint density at radius 2 is 2.00 bits per heavy atom. The highest BCUT2D eigenvalue weighted by molar-refractivity contribution is 5.83. The smallest absolute Gasteiger partial charge is 0.259 e. The maximum absolute atomic E-state index is 12.6. The van der Waals surface area contributed by atoms with Crippen molar-refractivity contribution in [1.29, 1.82) is 0 Å². The van der Waals surface area contributed by atoms with E-state index in [1.165, 1.54) is 12.8 Å². The van der Waals surface area contributed by atoms with Crippen LogP contribution in [0.3, 0.4) is 0 Å². The van der Waals surface area contributed by atoms with Crippen LogP contribution in [0, 0.1) is 5.92 Å². The van der Waals surface area contributed by atoms with Crippen molar-refractivity contribution in [1.82, 2.24) is 4.57 Å². The van der Waals surface area contributed by atoms with E-state index in [0.29, 0.717) is 11.7 Å². The summed E-state index contributed by atoms with van der Waals surface area (Å²) in [6, 6.07) is 9.55. The summed E-state index contributed by atoms with van der Waals surface area (Å²) in [5, 5.41) is 1.68. The van der Waals surface area contributed by atoms with E-state index in [-0.39, 0.29) is 5.56 Å². The second-order valence-electron chi connectivity index (χ2n) is 5.49. The van der Waals surface area contributed by atoms with Crippen molar-refractivity contribution in [2.45, 2.75) is 46.1 Å². The average Bonchev–Trinajstić information content (AvgIpc) is 2.46. The molecule has 0 aliphatic carbocycles. The molecule has 108 valence electrons. The van der Waals surface area contributed by atoms with Crippen molar-refractivity contribution < 1.29 is 0 Å². The third-order valence-corrected chi connectivity index (χ3v) is 4.04. The number of benzene rings is 1. The molecule has 0 fully saturated rings. The number of nitrogens with two attached hydrogens (primary N) is 1. The van der Waals surface area contributed by atoms with Gasteiger partial charge in [0.2, 0.25) is 0 Å². The molecule has 2 rings (SSSR count). The summed E-state index contributed by atoms with van der Waals surface area (Å²) >= 11 is 0. The van der Waals surface area contributed by atoms with Crippen LogP contribution in [0.5, 0.6) is 0 Å². The maximum atomic E-state index is 12.6. The summed E-state index contributed by atoms with van der Waals surface area (Å²) in [6.45, 7) is 5.11. The summed E-state index contributed by atoms with van der Waals surface area (Å²) in [6.07, 6.45) is 4.64. The van der Waals surface area contributed by atoms with Crippen molar-refractivity contribution in [2.24, 2.45) is 5.92 Å². The number of nitrogens with zero attached hydrogens (tertiary/aromatic N) is 1. The molecule has 2 N–H and O–H groups in total. The van der Waals surface area contributed by atoms with Gasteiger partial charge in [0.1, 0.15) is 5.82 Å². The van der Waals surface area contributed by atoms with Gasteiger partial charge in [-0.1, -0.05) is 51.3 Å². The van der Waals surface area contributed by atoms with E-state index in [9.17, 15) is 4.79 Å². The van der Waals surface area contributed by atoms with Gasteiger partial charge >= 0.3 is 0 Å². The Balaban J connectivity index is 2.36. The number of fused-ring (bicyclic) bond motifs is 1. The first-order chi connectivity index (χ1) is 9.67. The van der Waals surface area contributed by atoms with Gasteiger partial charge in [-0.05, 0) is 29.9 Å². The zero-order valence-electron chi connectivity index (χ0n) is 12.4. The first kappa shape index (κ1) is 14.6. The van der Waals surface area contributed by atoms with E-state index < -0.39 is 0 Å². The molecular weight excluding hydrogens is 248 g/mol. The first-order valence-electron chi connectivity index (χ1n) is 7.55. The van der Waals surface area contributed by atoms with Gasteiger partial charge < -0.3 is 5.73 Å². The molecule has 3 nitrogen and oxygen atoms in total. The summed E-state index contributed by atoms with van der Waals surface area (Å²) in [7, 11) is 0. The molecule has 1 unspecified atom stereocenters. The average molecular weight is 272 g/mol. The van der Waals surface area contributed by atoms with Crippen molar-refractivity contribution in [3.63, 3.8) is 0 Å². The molecule has 0 aliphatic rings. The third kappa shape index (κ3) is 3.03. The molecule has 1 aromatic carbocycles. The highest BCUT2D eigenvalue weighted by Gasteiger charge is 2.12. The molecule has 1 heterocycles. The summed E-state index contributed by atoms with van der Waals surface area (Å²) in [4.78, 5) is 12.6. The van der Waals surface area contributed by atoms with Gasteiger partial charge in [0.05, 0.1) is 0 Å². The minimum atomic E-state index is 0.0375. The lowest BCUT2D eigenvalue weighted by Gasteiger charge is -2.18. The maximum Gasteiger partial charge on any atom is 0.259 e. The van der Waals surface area contributed by atoms with Crippen LogP contribution >= 0.6 is 0 Å². The fraction of sp³-hybridized carbons (Fsp3) is 0.471. The molecule has 3 heteroatoms. The Hall–Kier alpha value is -1.77. The van der Waals surface area contributed by atoms with Gasteiger partial charge in [0, 0.05) is 11.9 Å². The summed E-state index contributed by atoms with van der Waals surface area (Å²) in [5.74, 6) is 1.10. The van der Waals surface area contributed by atoms with Gasteiger partial charge in [-0.2, -0.15) is 0 Å². The van der Waals surface area contributed by atoms with Crippen LogP contribution in [-0.2, 0) is 6.54 Å². The van der Waals surface area contributed by atoms with Crippen LogP contribution in [0.4, 0.5) is 5.82 Å². The normalized spacial score (nSPS) is 12.7. The molecule has 0 spiro atoms. The highest BCUT2D eigenvalue weighted by atomic mass is 16.1. The van der Waals surface area contributed by atoms with Crippen LogP contribution in [0.2, 0.25) is 0 Å². The largest absolute Gasteiger partial charge is 0.385 e. The molecular formula is C17H24N2O. The Morgan fingerprint density at radius 1 is 1.25 bits per heavy atom. The van der Waals surface area contributed by atoms with Crippen LogP contribution in [-0.4, -0.2) is 4.57 Å². The fourth-order valence-electron chi connectivity index (χ4n) is 2.68. The summed E-state index contributed by atoms with van der Waals surface area (Å²) in [5.41, 5.74) is 6.12. The Labute approximate surface area is 120 Å². The van der Waals surface area contributed by atoms with Crippen LogP contribution in [0.15, 0.2) is 35.1 Å². The fourth-order valence-corrected chi connectivity index (χ4v) is 2.68. The zero-order valence-corrected chi connectivity index (χ0v) is 12.4. The molecule has 0 saturated heterocycles. The van der Waals surface area contributed by atoms with Crippen molar-refractivity contribution >= 4 is 16.6 Å². The molecule has 0 radical (unpaired) electrons. The van der Waals surface area contributed by atoms with Gasteiger partial charge in [-0.25, -0.2) is 0 Å². The topological polar surface area (TPSA) is 48.0 Å². The minimum absolute atomic E-state index is 0.0375. The SMILES string of the molecule is CCCCC(CC)Cn1c(N)cc2ccccc2c1=O. The van der Waals surface area contributed by atoms with Gasteiger partial charge in [0.15, 0.2) is 0 Å². The zero-order chi connectivity index (χ0) is 14.5. The quantitative estimate of drug-likeness (QED) is 0.869. The molecule has 2 aromatic rings. The van der Waals surface area contributed by atoms with E-state index in [1.807, 2.05) is 30.3 Å². The molecule has 0 aliphatic heterocycles. The van der Waals surface area contributed by atoms with Gasteiger partial charge in [-0.15, -0.1) is 0 Å². The molecule has 0 saturated carbocycles. The first-order valence-corrected chi connectivity index (χ1v) is 7.55. The van der Waals surface area contributed by atoms with Gasteiger partial charge in [0.25, 0.3) is 5.56 Å². The van der Waals surface area contributed by atoms with Crippen LogP contribution < -0.4 is 11.3 Å². The lowest BCUT2D eigenvalue weighted by atomic mass is 9.99. The highest BCUT2D eigenvalue weighted by Crippen LogP contribution is 2.18. The van der Waals surface area contributed by atoms with Crippen LogP contribution in [0.1, 0.15) is 39.5 Å². The van der Waals surface area contributed by atoms with Crippen LogP contribution in [0.25, 0.3) is 10.8 Å². The number of unbranched alkanes of at least 4 members (excludes halogenated alkanes) is 1. The number of pyridine rings is 1. The Bertz CT molecular complexity index is 630. The minimum Gasteiger partial charge on any atom is -0.385 e. The number of aromatic nitrogens is 1. The summed E-state index contributed by atoms with van der Waals surface area (Å²) < 4.78 is 1.74. The molecule has 1 aromatic heterocycles. The Morgan fingerprint density at radius 3 is 2.70 bits per heavy atom. The van der Waals surface area contributed by atoms with E-state index in [2.05, 4.69) is 13.8 Å². The standard InChI is InChI=1S/C17H24N2O/c1-3-5-8-13(4-2)12-19-16(18)11-14-9-6-7-10-15(14)17(19)20/h6-7,9-11,13H,3-5,8,12,18H2,1-2H3. The molecule has 0 bridgehead atoms. The second kappa shape index (κ2) is 6.60. The lowest BCUT2D eigenvalue weighted by molar-refractivity contribution is 0.389. The number of hydrogen-bond acceptors (Lipinski definition) is 2. The van der Waals surface area contributed by atoms with Crippen molar-refractivity contribution in [3.05, 3.63) is 40.7 Å². The van der Waals surface area contributed by atoms with E-state index in [4.69, 9.17) is 5.73 Å². The predicted octanol–water partition coefficient (Wildman–Crippen LogP) is 3.80. The second-order valence-corrected chi connectivity index (χ2v) is 5.49. The van der Waals surface area contributed by atoms with Gasteiger partial charge in [-0.3, -0.25) is 9.36 Å². The Kier molecular flexibility index (Phi) is 4.83. The number of hydrogen-bond donors (Lipinski definition) is 1. The van der Waals surface area contributed by atoms with E-state index >= 15 is 0 Å². The third-order valence-electron chi connectivity index (χ3n) is 4.04. The van der Waals surface area contributed by atoms with Crippen molar-refractivity contribution in [2.75, 3.05) is 5.73 Å². The van der Waals surface area contributed by atoms with Crippen molar-refractivity contribution in [3.8, 4) is 0 Å².